The van der Waals surface area contributed by atoms with Gasteiger partial charge in [0.05, 0.1) is 6.10 Å². The first-order chi connectivity index (χ1) is 11.6. The van der Waals surface area contributed by atoms with Gasteiger partial charge in [0.1, 0.15) is 5.76 Å². The molecule has 1 N–H and O–H groups in total. The molecule has 1 unspecified atom stereocenters. The van der Waals surface area contributed by atoms with Crippen molar-refractivity contribution in [3.8, 4) is 11.3 Å². The SMILES string of the molecule is CCc1ccc(-c2ccc(C(=O)N3CCC(C(C)O)CC3)o2)cc1. The summed E-state index contributed by atoms with van der Waals surface area (Å²) in [4.78, 5) is 14.4. The molecular weight excluding hydrogens is 302 g/mol. The van der Waals surface area contributed by atoms with Gasteiger partial charge in [-0.2, -0.15) is 0 Å². The van der Waals surface area contributed by atoms with E-state index < -0.39 is 0 Å². The number of carbonyl (C=O) groups is 1. The number of piperidine rings is 1. The van der Waals surface area contributed by atoms with Crippen LogP contribution in [-0.2, 0) is 6.42 Å². The molecule has 0 aliphatic carbocycles. The minimum Gasteiger partial charge on any atom is -0.451 e. The molecule has 1 aliphatic heterocycles. The van der Waals surface area contributed by atoms with Gasteiger partial charge in [-0.25, -0.2) is 0 Å². The van der Waals surface area contributed by atoms with Crippen LogP contribution in [0.2, 0.25) is 0 Å². The molecule has 1 atom stereocenters. The first-order valence-corrected chi connectivity index (χ1v) is 8.75. The smallest absolute Gasteiger partial charge is 0.289 e. The monoisotopic (exact) mass is 327 g/mol. The van der Waals surface area contributed by atoms with Gasteiger partial charge in [0.25, 0.3) is 5.91 Å². The summed E-state index contributed by atoms with van der Waals surface area (Å²) in [5.74, 6) is 1.34. The van der Waals surface area contributed by atoms with Crippen molar-refractivity contribution in [1.29, 1.82) is 0 Å². The molecule has 4 heteroatoms. The van der Waals surface area contributed by atoms with Crippen LogP contribution >= 0.6 is 0 Å². The first kappa shape index (κ1) is 16.8. The van der Waals surface area contributed by atoms with Crippen molar-refractivity contribution in [2.45, 2.75) is 39.2 Å². The molecule has 1 fully saturated rings. The largest absolute Gasteiger partial charge is 0.451 e. The highest BCUT2D eigenvalue weighted by Gasteiger charge is 2.27. The number of amides is 1. The Morgan fingerprint density at radius 3 is 2.46 bits per heavy atom. The molecule has 3 rings (SSSR count). The summed E-state index contributed by atoms with van der Waals surface area (Å²) in [7, 11) is 0. The summed E-state index contributed by atoms with van der Waals surface area (Å²) in [6.07, 6.45) is 2.39. The zero-order chi connectivity index (χ0) is 17.1. The van der Waals surface area contributed by atoms with Gasteiger partial charge < -0.3 is 14.4 Å². The van der Waals surface area contributed by atoms with Gasteiger partial charge in [-0.3, -0.25) is 4.79 Å². The molecule has 2 heterocycles. The van der Waals surface area contributed by atoms with E-state index in [4.69, 9.17) is 4.42 Å². The second-order valence-corrected chi connectivity index (χ2v) is 6.58. The van der Waals surface area contributed by atoms with Crippen LogP contribution in [0.5, 0.6) is 0 Å². The molecule has 4 nitrogen and oxygen atoms in total. The summed E-state index contributed by atoms with van der Waals surface area (Å²) >= 11 is 0. The molecule has 1 amide bonds. The number of hydrogen-bond acceptors (Lipinski definition) is 3. The molecular formula is C20H25NO3. The lowest BCUT2D eigenvalue weighted by Crippen LogP contribution is -2.40. The van der Waals surface area contributed by atoms with Crippen molar-refractivity contribution in [1.82, 2.24) is 4.90 Å². The number of aliphatic hydroxyl groups excluding tert-OH is 1. The molecule has 2 aromatic rings. The van der Waals surface area contributed by atoms with E-state index in [1.807, 2.05) is 30.0 Å². The van der Waals surface area contributed by atoms with E-state index in [1.165, 1.54) is 5.56 Å². The lowest BCUT2D eigenvalue weighted by molar-refractivity contribution is 0.0499. The minimum atomic E-state index is -0.302. The van der Waals surface area contributed by atoms with Crippen LogP contribution in [0, 0.1) is 5.92 Å². The topological polar surface area (TPSA) is 53.7 Å². The maximum atomic E-state index is 12.6. The van der Waals surface area contributed by atoms with E-state index in [0.29, 0.717) is 24.8 Å². The van der Waals surface area contributed by atoms with Gasteiger partial charge >= 0.3 is 0 Å². The van der Waals surface area contributed by atoms with E-state index in [9.17, 15) is 9.90 Å². The summed E-state index contributed by atoms with van der Waals surface area (Å²) in [6, 6.07) is 11.8. The fourth-order valence-corrected chi connectivity index (χ4v) is 3.25. The van der Waals surface area contributed by atoms with Crippen molar-refractivity contribution in [3.63, 3.8) is 0 Å². The summed E-state index contributed by atoms with van der Waals surface area (Å²) in [6.45, 7) is 5.30. The van der Waals surface area contributed by atoms with Crippen LogP contribution in [0.15, 0.2) is 40.8 Å². The molecule has 1 saturated heterocycles. The number of carbonyl (C=O) groups excluding carboxylic acids is 1. The molecule has 1 aromatic heterocycles. The Bertz CT molecular complexity index is 679. The average Bonchev–Trinajstić information content (AvgIpc) is 3.11. The molecule has 1 aromatic carbocycles. The van der Waals surface area contributed by atoms with Gasteiger partial charge in [-0.05, 0) is 49.8 Å². The third-order valence-electron chi connectivity index (χ3n) is 4.97. The Hall–Kier alpha value is -2.07. The van der Waals surface area contributed by atoms with Gasteiger partial charge in [0.15, 0.2) is 5.76 Å². The molecule has 128 valence electrons. The van der Waals surface area contributed by atoms with Crippen molar-refractivity contribution in [2.24, 2.45) is 5.92 Å². The van der Waals surface area contributed by atoms with Gasteiger partial charge in [-0.1, -0.05) is 31.2 Å². The van der Waals surface area contributed by atoms with Gasteiger partial charge in [-0.15, -0.1) is 0 Å². The van der Waals surface area contributed by atoms with Gasteiger partial charge in [0.2, 0.25) is 0 Å². The quantitative estimate of drug-likeness (QED) is 0.930. The molecule has 0 radical (unpaired) electrons. The van der Waals surface area contributed by atoms with Crippen molar-refractivity contribution in [2.75, 3.05) is 13.1 Å². The number of hydrogen-bond donors (Lipinski definition) is 1. The summed E-state index contributed by atoms with van der Waals surface area (Å²) in [5.41, 5.74) is 2.27. The zero-order valence-corrected chi connectivity index (χ0v) is 14.4. The highest BCUT2D eigenvalue weighted by atomic mass is 16.4. The van der Waals surface area contributed by atoms with Crippen LogP contribution in [0.3, 0.4) is 0 Å². The number of benzene rings is 1. The van der Waals surface area contributed by atoms with Crippen LogP contribution in [0.1, 0.15) is 42.8 Å². The molecule has 0 saturated carbocycles. The van der Waals surface area contributed by atoms with Crippen LogP contribution in [0.25, 0.3) is 11.3 Å². The van der Waals surface area contributed by atoms with Crippen LogP contribution in [-0.4, -0.2) is 35.1 Å². The van der Waals surface area contributed by atoms with E-state index in [2.05, 4.69) is 19.1 Å². The Morgan fingerprint density at radius 1 is 1.21 bits per heavy atom. The Morgan fingerprint density at radius 2 is 1.88 bits per heavy atom. The van der Waals surface area contributed by atoms with Crippen molar-refractivity contribution < 1.29 is 14.3 Å². The number of aryl methyl sites for hydroxylation is 1. The number of likely N-dealkylation sites (tertiary alicyclic amines) is 1. The van der Waals surface area contributed by atoms with Crippen molar-refractivity contribution in [3.05, 3.63) is 47.7 Å². The minimum absolute atomic E-state index is 0.0597. The second-order valence-electron chi connectivity index (χ2n) is 6.58. The van der Waals surface area contributed by atoms with Gasteiger partial charge in [0, 0.05) is 18.7 Å². The average molecular weight is 327 g/mol. The lowest BCUT2D eigenvalue weighted by Gasteiger charge is -2.32. The molecule has 24 heavy (non-hydrogen) atoms. The predicted molar refractivity (Wildman–Crippen MR) is 93.8 cm³/mol. The third kappa shape index (κ3) is 3.54. The predicted octanol–water partition coefficient (Wildman–Crippen LogP) is 3.74. The molecule has 0 bridgehead atoms. The fraction of sp³-hybridized carbons (Fsp3) is 0.450. The highest BCUT2D eigenvalue weighted by Crippen LogP contribution is 2.26. The number of rotatable bonds is 4. The maximum Gasteiger partial charge on any atom is 0.289 e. The number of aliphatic hydroxyl groups is 1. The Balaban J connectivity index is 1.67. The third-order valence-corrected chi connectivity index (χ3v) is 4.97. The zero-order valence-electron chi connectivity index (χ0n) is 14.4. The Kier molecular flexibility index (Phi) is 5.05. The first-order valence-electron chi connectivity index (χ1n) is 8.75. The van der Waals surface area contributed by atoms with E-state index in [-0.39, 0.29) is 12.0 Å². The summed E-state index contributed by atoms with van der Waals surface area (Å²) < 4.78 is 5.79. The van der Waals surface area contributed by atoms with E-state index in [1.54, 1.807) is 6.07 Å². The van der Waals surface area contributed by atoms with Crippen LogP contribution < -0.4 is 0 Å². The molecule has 0 spiro atoms. The van der Waals surface area contributed by atoms with Crippen LogP contribution in [0.4, 0.5) is 0 Å². The van der Waals surface area contributed by atoms with E-state index in [0.717, 1.165) is 30.6 Å². The lowest BCUT2D eigenvalue weighted by atomic mass is 9.92. The number of nitrogens with zero attached hydrogens (tertiary/aromatic N) is 1. The number of furan rings is 1. The normalized spacial score (nSPS) is 17.0. The maximum absolute atomic E-state index is 12.6. The standard InChI is InChI=1S/C20H25NO3/c1-3-15-4-6-17(7-5-15)18-8-9-19(24-18)20(23)21-12-10-16(11-13-21)14(2)22/h4-9,14,16,22H,3,10-13H2,1-2H3. The summed E-state index contributed by atoms with van der Waals surface area (Å²) in [5, 5.41) is 9.66. The highest BCUT2D eigenvalue weighted by molar-refractivity contribution is 5.92. The van der Waals surface area contributed by atoms with E-state index >= 15 is 0 Å². The Labute approximate surface area is 143 Å². The van der Waals surface area contributed by atoms with Crippen molar-refractivity contribution >= 4 is 5.91 Å². The second kappa shape index (κ2) is 7.22. The molecule has 1 aliphatic rings. The fourth-order valence-electron chi connectivity index (χ4n) is 3.25.